The highest BCUT2D eigenvalue weighted by Gasteiger charge is 2.12. The fraction of sp³-hybridized carbons (Fsp3) is 0.125. The minimum absolute atomic E-state index is 0.00102. The van der Waals surface area contributed by atoms with Gasteiger partial charge in [-0.05, 0) is 47.9 Å². The van der Waals surface area contributed by atoms with Crippen LogP contribution in [0.2, 0.25) is 0 Å². The Bertz CT molecular complexity index is 1080. The number of anilines is 1. The van der Waals surface area contributed by atoms with Crippen LogP contribution < -0.4 is 10.6 Å². The van der Waals surface area contributed by atoms with Gasteiger partial charge in [0.15, 0.2) is 6.61 Å². The van der Waals surface area contributed by atoms with Gasteiger partial charge >= 0.3 is 5.97 Å². The lowest BCUT2D eigenvalue weighted by Gasteiger charge is -2.09. The first-order chi connectivity index (χ1) is 14.9. The van der Waals surface area contributed by atoms with Crippen molar-refractivity contribution in [2.75, 3.05) is 18.5 Å². The summed E-state index contributed by atoms with van der Waals surface area (Å²) in [4.78, 5) is 35.8. The predicted molar refractivity (Wildman–Crippen MR) is 115 cm³/mol. The molecular formula is C24H21FN2O4. The SMILES string of the molecule is Cc1ccc(NC(=O)COC(=O)CNC(=O)c2ccc(-c3ccccc3)cc2)c(F)c1. The highest BCUT2D eigenvalue weighted by atomic mass is 19.1. The average molecular weight is 420 g/mol. The molecule has 0 heterocycles. The van der Waals surface area contributed by atoms with Gasteiger partial charge in [0, 0.05) is 5.56 Å². The van der Waals surface area contributed by atoms with E-state index in [9.17, 15) is 18.8 Å². The zero-order valence-corrected chi connectivity index (χ0v) is 16.9. The molecule has 0 aromatic heterocycles. The maximum absolute atomic E-state index is 13.7. The maximum atomic E-state index is 13.7. The van der Waals surface area contributed by atoms with Crippen molar-refractivity contribution in [3.63, 3.8) is 0 Å². The lowest BCUT2D eigenvalue weighted by atomic mass is 10.0. The Morgan fingerprint density at radius 3 is 2.26 bits per heavy atom. The van der Waals surface area contributed by atoms with Gasteiger partial charge in [-0.1, -0.05) is 48.5 Å². The quantitative estimate of drug-likeness (QED) is 0.571. The third kappa shape index (κ3) is 6.24. The van der Waals surface area contributed by atoms with Crippen molar-refractivity contribution < 1.29 is 23.5 Å². The molecule has 0 radical (unpaired) electrons. The molecule has 6 nitrogen and oxygen atoms in total. The first-order valence-corrected chi connectivity index (χ1v) is 9.57. The summed E-state index contributed by atoms with van der Waals surface area (Å²) in [5.74, 6) is -2.49. The topological polar surface area (TPSA) is 84.5 Å². The fourth-order valence-electron chi connectivity index (χ4n) is 2.80. The third-order valence-corrected chi connectivity index (χ3v) is 4.41. The van der Waals surface area contributed by atoms with Crippen LogP contribution in [0.4, 0.5) is 10.1 Å². The van der Waals surface area contributed by atoms with Gasteiger partial charge in [0.05, 0.1) is 5.69 Å². The van der Waals surface area contributed by atoms with Gasteiger partial charge in [-0.25, -0.2) is 4.39 Å². The predicted octanol–water partition coefficient (Wildman–Crippen LogP) is 3.71. The van der Waals surface area contributed by atoms with Crippen LogP contribution in [0.5, 0.6) is 0 Å². The smallest absolute Gasteiger partial charge is 0.325 e. The van der Waals surface area contributed by atoms with E-state index in [1.165, 1.54) is 12.1 Å². The Hall–Kier alpha value is -4.00. The summed E-state index contributed by atoms with van der Waals surface area (Å²) in [5, 5.41) is 4.77. The Morgan fingerprint density at radius 1 is 0.903 bits per heavy atom. The molecule has 0 fully saturated rings. The van der Waals surface area contributed by atoms with E-state index in [1.807, 2.05) is 42.5 Å². The van der Waals surface area contributed by atoms with Crippen molar-refractivity contribution in [3.8, 4) is 11.1 Å². The molecule has 31 heavy (non-hydrogen) atoms. The minimum atomic E-state index is -0.784. The van der Waals surface area contributed by atoms with Crippen LogP contribution in [0.1, 0.15) is 15.9 Å². The van der Waals surface area contributed by atoms with Crippen molar-refractivity contribution in [1.82, 2.24) is 5.32 Å². The van der Waals surface area contributed by atoms with E-state index in [4.69, 9.17) is 4.74 Å². The summed E-state index contributed by atoms with van der Waals surface area (Å²) in [6, 6.07) is 21.0. The monoisotopic (exact) mass is 420 g/mol. The van der Waals surface area contributed by atoms with E-state index in [2.05, 4.69) is 10.6 Å². The Kier molecular flexibility index (Phi) is 7.11. The molecule has 0 unspecified atom stereocenters. The molecule has 7 heteroatoms. The molecule has 0 aliphatic rings. The number of rotatable bonds is 7. The number of amides is 2. The number of aryl methyl sites for hydroxylation is 1. The van der Waals surface area contributed by atoms with Crippen LogP contribution in [0.25, 0.3) is 11.1 Å². The summed E-state index contributed by atoms with van der Waals surface area (Å²) in [6.45, 7) is 0.738. The fourth-order valence-corrected chi connectivity index (χ4v) is 2.80. The van der Waals surface area contributed by atoms with E-state index < -0.39 is 36.8 Å². The van der Waals surface area contributed by atoms with Crippen molar-refractivity contribution in [2.24, 2.45) is 0 Å². The minimum Gasteiger partial charge on any atom is -0.454 e. The molecular weight excluding hydrogens is 399 g/mol. The molecule has 3 aromatic carbocycles. The molecule has 0 saturated heterocycles. The van der Waals surface area contributed by atoms with Gasteiger partial charge in [-0.15, -0.1) is 0 Å². The van der Waals surface area contributed by atoms with Gasteiger partial charge in [-0.3, -0.25) is 14.4 Å². The molecule has 2 amide bonds. The number of hydrogen-bond donors (Lipinski definition) is 2. The van der Waals surface area contributed by atoms with Crippen LogP contribution in [0.3, 0.4) is 0 Å². The van der Waals surface area contributed by atoms with Gasteiger partial charge in [0.2, 0.25) is 0 Å². The second-order valence-electron chi connectivity index (χ2n) is 6.82. The molecule has 0 spiro atoms. The molecule has 0 atom stereocenters. The van der Waals surface area contributed by atoms with E-state index in [1.54, 1.807) is 25.1 Å². The highest BCUT2D eigenvalue weighted by molar-refractivity contribution is 5.97. The van der Waals surface area contributed by atoms with Crippen LogP contribution in [0, 0.1) is 12.7 Å². The molecule has 2 N–H and O–H groups in total. The number of ether oxygens (including phenoxy) is 1. The van der Waals surface area contributed by atoms with Crippen molar-refractivity contribution in [2.45, 2.75) is 6.92 Å². The van der Waals surface area contributed by atoms with Crippen LogP contribution >= 0.6 is 0 Å². The second-order valence-corrected chi connectivity index (χ2v) is 6.82. The number of benzene rings is 3. The normalized spacial score (nSPS) is 10.3. The summed E-state index contributed by atoms with van der Waals surface area (Å²) in [6.07, 6.45) is 0. The molecule has 158 valence electrons. The zero-order chi connectivity index (χ0) is 22.2. The standard InChI is InChI=1S/C24H21FN2O4/c1-16-7-12-21(20(25)13-16)27-22(28)15-31-23(29)14-26-24(30)19-10-8-18(9-11-19)17-5-3-2-4-6-17/h2-13H,14-15H2,1H3,(H,26,30)(H,27,28). The number of hydrogen-bond acceptors (Lipinski definition) is 4. The van der Waals surface area contributed by atoms with E-state index in [-0.39, 0.29) is 5.69 Å². The Morgan fingerprint density at radius 2 is 1.58 bits per heavy atom. The van der Waals surface area contributed by atoms with Crippen LogP contribution in [-0.4, -0.2) is 30.9 Å². The van der Waals surface area contributed by atoms with Crippen LogP contribution in [-0.2, 0) is 14.3 Å². The first kappa shape index (κ1) is 21.7. The van der Waals surface area contributed by atoms with Gasteiger partial charge in [0.1, 0.15) is 12.4 Å². The lowest BCUT2D eigenvalue weighted by molar-refractivity contribution is -0.146. The second kappa shape index (κ2) is 10.2. The summed E-state index contributed by atoms with van der Waals surface area (Å²) in [5.41, 5.74) is 3.10. The average Bonchev–Trinajstić information content (AvgIpc) is 2.78. The number of carbonyl (C=O) groups is 3. The van der Waals surface area contributed by atoms with Crippen molar-refractivity contribution >= 4 is 23.5 Å². The zero-order valence-electron chi connectivity index (χ0n) is 16.9. The largest absolute Gasteiger partial charge is 0.454 e. The van der Waals surface area contributed by atoms with E-state index >= 15 is 0 Å². The number of nitrogens with one attached hydrogen (secondary N) is 2. The van der Waals surface area contributed by atoms with Crippen molar-refractivity contribution in [3.05, 3.63) is 89.7 Å². The van der Waals surface area contributed by atoms with Gasteiger partial charge < -0.3 is 15.4 Å². The Balaban J connectivity index is 1.43. The van der Waals surface area contributed by atoms with Crippen molar-refractivity contribution in [1.29, 1.82) is 0 Å². The molecule has 0 saturated carbocycles. The summed E-state index contributed by atoms with van der Waals surface area (Å²) in [7, 11) is 0. The molecule has 0 aliphatic heterocycles. The molecule has 3 aromatic rings. The first-order valence-electron chi connectivity index (χ1n) is 9.57. The summed E-state index contributed by atoms with van der Waals surface area (Å²) < 4.78 is 18.5. The number of carbonyl (C=O) groups excluding carboxylic acids is 3. The highest BCUT2D eigenvalue weighted by Crippen LogP contribution is 2.19. The molecule has 0 aliphatic carbocycles. The molecule has 0 bridgehead atoms. The van der Waals surface area contributed by atoms with Gasteiger partial charge in [0.25, 0.3) is 11.8 Å². The number of halogens is 1. The van der Waals surface area contributed by atoms with Gasteiger partial charge in [-0.2, -0.15) is 0 Å². The number of esters is 1. The Labute approximate surface area is 179 Å². The third-order valence-electron chi connectivity index (χ3n) is 4.41. The summed E-state index contributed by atoms with van der Waals surface area (Å²) >= 11 is 0. The molecule has 3 rings (SSSR count). The van der Waals surface area contributed by atoms with E-state index in [0.717, 1.165) is 11.1 Å². The van der Waals surface area contributed by atoms with Crippen LogP contribution in [0.15, 0.2) is 72.8 Å². The maximum Gasteiger partial charge on any atom is 0.325 e. The van der Waals surface area contributed by atoms with E-state index in [0.29, 0.717) is 11.1 Å². The lowest BCUT2D eigenvalue weighted by Crippen LogP contribution is -2.32.